The number of carboxylic acid groups (broad SMARTS) is 1. The molecule has 0 aliphatic carbocycles. The van der Waals surface area contributed by atoms with Gasteiger partial charge in [-0.15, -0.1) is 0 Å². The van der Waals surface area contributed by atoms with Crippen LogP contribution in [0.15, 0.2) is 42.5 Å². The number of carbonyl (C=O) groups is 3. The van der Waals surface area contributed by atoms with Crippen molar-refractivity contribution >= 4 is 17.8 Å². The van der Waals surface area contributed by atoms with Crippen molar-refractivity contribution in [3.05, 3.63) is 48.0 Å². The molecular formula is C18H20N2O4. The van der Waals surface area contributed by atoms with Crippen LogP contribution in [0.25, 0.3) is 0 Å². The van der Waals surface area contributed by atoms with Gasteiger partial charge < -0.3 is 14.9 Å². The Morgan fingerprint density at radius 3 is 2.58 bits per heavy atom. The predicted octanol–water partition coefficient (Wildman–Crippen LogP) is 1.59. The van der Waals surface area contributed by atoms with Crippen LogP contribution in [0.2, 0.25) is 0 Å². The average Bonchev–Trinajstić information content (AvgIpc) is 3.08. The lowest BCUT2D eigenvalue weighted by Gasteiger charge is -2.46. The highest BCUT2D eigenvalue weighted by Crippen LogP contribution is 2.40. The highest BCUT2D eigenvalue weighted by atomic mass is 16.4. The Bertz CT molecular complexity index is 700. The first-order chi connectivity index (χ1) is 11.4. The molecule has 6 nitrogen and oxygen atoms in total. The molecule has 1 N–H and O–H groups in total. The Hall–Kier alpha value is -2.63. The van der Waals surface area contributed by atoms with Crippen molar-refractivity contribution in [2.24, 2.45) is 0 Å². The van der Waals surface area contributed by atoms with Gasteiger partial charge in [0.1, 0.15) is 12.1 Å². The number of β-lactam (4-membered cyclic amide) rings is 1. The second-order valence-corrected chi connectivity index (χ2v) is 6.25. The molecule has 0 saturated carbocycles. The molecule has 2 aliphatic rings. The standard InChI is InChI=1S/C18H20N2O4/c1-11-15(13-7-4-3-5-8-13)20(16(11)21)12(2)17(22)19-10-6-9-14(19)18(23)24/h3-5,7-8,12,14-15H,1,6,9-10H2,2H3,(H,23,24)/t12?,14-,15?/m0/s1. The minimum Gasteiger partial charge on any atom is -0.480 e. The normalized spacial score (nSPS) is 24.7. The summed E-state index contributed by atoms with van der Waals surface area (Å²) in [6.07, 6.45) is 1.12. The van der Waals surface area contributed by atoms with Crippen molar-refractivity contribution in [3.63, 3.8) is 0 Å². The van der Waals surface area contributed by atoms with Gasteiger partial charge in [-0.05, 0) is 25.3 Å². The van der Waals surface area contributed by atoms with Crippen molar-refractivity contribution in [2.75, 3.05) is 6.54 Å². The summed E-state index contributed by atoms with van der Waals surface area (Å²) in [5.74, 6) is -1.57. The molecule has 6 heteroatoms. The molecule has 0 aromatic heterocycles. The number of nitrogens with zero attached hydrogens (tertiary/aromatic N) is 2. The summed E-state index contributed by atoms with van der Waals surface area (Å²) < 4.78 is 0. The van der Waals surface area contributed by atoms with Crippen LogP contribution in [0.1, 0.15) is 31.4 Å². The molecule has 126 valence electrons. The quantitative estimate of drug-likeness (QED) is 0.672. The fourth-order valence-electron chi connectivity index (χ4n) is 3.54. The molecule has 3 atom stereocenters. The fraction of sp³-hybridized carbons (Fsp3) is 0.389. The highest BCUT2D eigenvalue weighted by molar-refractivity contribution is 6.04. The molecule has 2 amide bonds. The number of hydrogen-bond donors (Lipinski definition) is 1. The molecule has 0 radical (unpaired) electrons. The number of benzene rings is 1. The maximum atomic E-state index is 12.8. The SMILES string of the molecule is C=C1C(=O)N(C(C)C(=O)N2CCC[C@H]2C(=O)O)C1c1ccccc1. The maximum Gasteiger partial charge on any atom is 0.326 e. The Kier molecular flexibility index (Phi) is 4.13. The zero-order valence-electron chi connectivity index (χ0n) is 13.5. The molecule has 2 saturated heterocycles. The summed E-state index contributed by atoms with van der Waals surface area (Å²) in [7, 11) is 0. The molecule has 0 spiro atoms. The number of carbonyl (C=O) groups excluding carboxylic acids is 2. The van der Waals surface area contributed by atoms with E-state index in [0.29, 0.717) is 25.0 Å². The lowest BCUT2D eigenvalue weighted by molar-refractivity contribution is -0.155. The van der Waals surface area contributed by atoms with E-state index < -0.39 is 18.1 Å². The van der Waals surface area contributed by atoms with Gasteiger partial charge in [-0.25, -0.2) is 4.79 Å². The van der Waals surface area contributed by atoms with Crippen LogP contribution in [0, 0.1) is 0 Å². The van der Waals surface area contributed by atoms with Crippen LogP contribution in [-0.4, -0.2) is 51.3 Å². The molecule has 1 aromatic rings. The van der Waals surface area contributed by atoms with E-state index in [4.69, 9.17) is 0 Å². The Labute approximate surface area is 140 Å². The van der Waals surface area contributed by atoms with E-state index in [1.165, 1.54) is 9.80 Å². The van der Waals surface area contributed by atoms with Crippen molar-refractivity contribution in [2.45, 2.75) is 37.9 Å². The molecule has 24 heavy (non-hydrogen) atoms. The van der Waals surface area contributed by atoms with Gasteiger partial charge in [0.25, 0.3) is 5.91 Å². The Morgan fingerprint density at radius 1 is 1.29 bits per heavy atom. The summed E-state index contributed by atoms with van der Waals surface area (Å²) in [5, 5.41) is 9.26. The van der Waals surface area contributed by atoms with Crippen molar-refractivity contribution < 1.29 is 19.5 Å². The van der Waals surface area contributed by atoms with Crippen molar-refractivity contribution in [3.8, 4) is 0 Å². The van der Waals surface area contributed by atoms with Crippen LogP contribution in [0.5, 0.6) is 0 Å². The van der Waals surface area contributed by atoms with E-state index in [-0.39, 0.29) is 17.9 Å². The molecule has 2 unspecified atom stereocenters. The molecule has 2 aliphatic heterocycles. The topological polar surface area (TPSA) is 77.9 Å². The second kappa shape index (κ2) is 6.11. The number of aliphatic carboxylic acids is 1. The van der Waals surface area contributed by atoms with E-state index in [0.717, 1.165) is 5.56 Å². The molecule has 2 heterocycles. The average molecular weight is 328 g/mol. The lowest BCUT2D eigenvalue weighted by atomic mass is 9.87. The summed E-state index contributed by atoms with van der Waals surface area (Å²) in [6, 6.07) is 7.57. The predicted molar refractivity (Wildman–Crippen MR) is 87.0 cm³/mol. The monoisotopic (exact) mass is 328 g/mol. The van der Waals surface area contributed by atoms with E-state index in [9.17, 15) is 19.5 Å². The van der Waals surface area contributed by atoms with Gasteiger partial charge in [0.2, 0.25) is 5.91 Å². The summed E-state index contributed by atoms with van der Waals surface area (Å²) in [5.41, 5.74) is 1.36. The number of carboxylic acids is 1. The number of rotatable bonds is 4. The Balaban J connectivity index is 1.82. The summed E-state index contributed by atoms with van der Waals surface area (Å²) in [6.45, 7) is 5.89. The smallest absolute Gasteiger partial charge is 0.326 e. The second-order valence-electron chi connectivity index (χ2n) is 6.25. The molecule has 2 fully saturated rings. The number of likely N-dealkylation sites (tertiary alicyclic amines) is 2. The van der Waals surface area contributed by atoms with Crippen LogP contribution in [0.4, 0.5) is 0 Å². The first-order valence-corrected chi connectivity index (χ1v) is 8.03. The van der Waals surface area contributed by atoms with Gasteiger partial charge in [0.05, 0.1) is 6.04 Å². The molecule has 0 bridgehead atoms. The zero-order chi connectivity index (χ0) is 17.4. The third-order valence-corrected chi connectivity index (χ3v) is 4.83. The number of amides is 2. The van der Waals surface area contributed by atoms with Gasteiger partial charge in [0.15, 0.2) is 0 Å². The van der Waals surface area contributed by atoms with E-state index in [1.807, 2.05) is 30.3 Å². The number of hydrogen-bond acceptors (Lipinski definition) is 3. The van der Waals surface area contributed by atoms with Gasteiger partial charge in [-0.2, -0.15) is 0 Å². The largest absolute Gasteiger partial charge is 0.480 e. The van der Waals surface area contributed by atoms with E-state index in [2.05, 4.69) is 6.58 Å². The zero-order valence-corrected chi connectivity index (χ0v) is 13.5. The van der Waals surface area contributed by atoms with Crippen LogP contribution in [-0.2, 0) is 14.4 Å². The summed E-state index contributed by atoms with van der Waals surface area (Å²) >= 11 is 0. The van der Waals surface area contributed by atoms with Gasteiger partial charge in [0, 0.05) is 12.1 Å². The molecule has 3 rings (SSSR count). The van der Waals surface area contributed by atoms with Crippen LogP contribution >= 0.6 is 0 Å². The lowest BCUT2D eigenvalue weighted by Crippen LogP contribution is -2.59. The third-order valence-electron chi connectivity index (χ3n) is 4.83. The third kappa shape index (κ3) is 2.48. The van der Waals surface area contributed by atoms with Gasteiger partial charge in [-0.3, -0.25) is 9.59 Å². The Morgan fingerprint density at radius 2 is 1.96 bits per heavy atom. The fourth-order valence-corrected chi connectivity index (χ4v) is 3.54. The highest BCUT2D eigenvalue weighted by Gasteiger charge is 2.48. The van der Waals surface area contributed by atoms with Crippen LogP contribution in [0.3, 0.4) is 0 Å². The minimum absolute atomic E-state index is 0.254. The van der Waals surface area contributed by atoms with E-state index >= 15 is 0 Å². The van der Waals surface area contributed by atoms with Crippen LogP contribution < -0.4 is 0 Å². The minimum atomic E-state index is -0.994. The molecular weight excluding hydrogens is 308 g/mol. The van der Waals surface area contributed by atoms with Crippen molar-refractivity contribution in [1.29, 1.82) is 0 Å². The van der Waals surface area contributed by atoms with Gasteiger partial charge >= 0.3 is 5.97 Å². The van der Waals surface area contributed by atoms with Gasteiger partial charge in [-0.1, -0.05) is 36.9 Å². The van der Waals surface area contributed by atoms with Crippen molar-refractivity contribution in [1.82, 2.24) is 9.80 Å². The molecule has 1 aromatic carbocycles. The summed E-state index contributed by atoms with van der Waals surface area (Å²) in [4.78, 5) is 39.2. The first kappa shape index (κ1) is 16.2. The van der Waals surface area contributed by atoms with E-state index in [1.54, 1.807) is 6.92 Å². The first-order valence-electron chi connectivity index (χ1n) is 8.03. The maximum absolute atomic E-state index is 12.8.